The Morgan fingerprint density at radius 1 is 0.824 bits per heavy atom. The molecule has 0 atom stereocenters. The Bertz CT molecular complexity index is 200. The molecule has 0 spiro atoms. The summed E-state index contributed by atoms with van der Waals surface area (Å²) in [6.07, 6.45) is 12.7. The van der Waals surface area contributed by atoms with E-state index < -0.39 is 21.1 Å². The number of unbranched alkanes of at least 4 members (excludes halogenated alkanes) is 3. The predicted octanol–water partition coefficient (Wildman–Crippen LogP) is 5.40. The molecular weight excluding hydrogens is 311 g/mol. The summed E-state index contributed by atoms with van der Waals surface area (Å²) in [7, 11) is 0. The zero-order valence-electron chi connectivity index (χ0n) is 12.4. The Morgan fingerprint density at radius 3 is 1.53 bits per heavy atom. The summed E-state index contributed by atoms with van der Waals surface area (Å²) >= 11 is -0.502. The van der Waals surface area contributed by atoms with Gasteiger partial charge in [0.25, 0.3) is 0 Å². The van der Waals surface area contributed by atoms with E-state index in [-0.39, 0.29) is 0 Å². The molecule has 0 amide bonds. The van der Waals surface area contributed by atoms with Gasteiger partial charge in [0, 0.05) is 0 Å². The molecule has 0 nitrogen and oxygen atoms in total. The second kappa shape index (κ2) is 11.4. The normalized spacial score (nSPS) is 11.1. The van der Waals surface area contributed by atoms with E-state index in [1.807, 2.05) is 6.92 Å². The first kappa shape index (κ1) is 17.4. The molecule has 0 unspecified atom stereocenters. The molecule has 0 aliphatic heterocycles. The van der Waals surface area contributed by atoms with E-state index in [1.165, 1.54) is 57.8 Å². The van der Waals surface area contributed by atoms with Crippen molar-refractivity contribution < 1.29 is 0 Å². The standard InChI is InChI=1S/C13H27.C3H3.Sn/c1-4-7-10-13(11-8-5-2)12-9-6-3;1-3-2;/h4-12H2,1-3H3;1H3;. The molecule has 0 N–H and O–H groups in total. The van der Waals surface area contributed by atoms with Crippen molar-refractivity contribution in [2.24, 2.45) is 0 Å². The van der Waals surface area contributed by atoms with Gasteiger partial charge in [-0.25, -0.2) is 0 Å². The molecule has 0 heterocycles. The van der Waals surface area contributed by atoms with Crippen molar-refractivity contribution in [2.75, 3.05) is 0 Å². The number of hydrogen-bond donors (Lipinski definition) is 0. The van der Waals surface area contributed by atoms with Crippen molar-refractivity contribution in [3.8, 4) is 9.86 Å². The Hall–Kier alpha value is 0.359. The van der Waals surface area contributed by atoms with E-state index in [2.05, 4.69) is 30.6 Å². The van der Waals surface area contributed by atoms with Gasteiger partial charge in [0.15, 0.2) is 0 Å². The van der Waals surface area contributed by atoms with Crippen LogP contribution in [0.3, 0.4) is 0 Å². The van der Waals surface area contributed by atoms with E-state index in [9.17, 15) is 0 Å². The average molecular weight is 341 g/mol. The molecule has 0 aromatic carbocycles. The Labute approximate surface area is 120 Å². The summed E-state index contributed by atoms with van der Waals surface area (Å²) in [6, 6.07) is 0. The molecule has 0 bridgehead atoms. The first-order valence-electron chi connectivity index (χ1n) is 7.43. The molecule has 0 fully saturated rings. The van der Waals surface area contributed by atoms with E-state index >= 15 is 0 Å². The number of rotatable bonds is 10. The van der Waals surface area contributed by atoms with Gasteiger partial charge in [0.2, 0.25) is 0 Å². The molecule has 0 rings (SSSR count). The minimum absolute atomic E-state index is 0.502. The van der Waals surface area contributed by atoms with Crippen molar-refractivity contribution in [1.29, 1.82) is 0 Å². The maximum absolute atomic E-state index is 3.54. The number of hydrogen-bond acceptors (Lipinski definition) is 0. The molecule has 17 heavy (non-hydrogen) atoms. The third-order valence-electron chi connectivity index (χ3n) is 3.48. The second-order valence-corrected chi connectivity index (χ2v) is 9.55. The fourth-order valence-electron chi connectivity index (χ4n) is 2.30. The van der Waals surface area contributed by atoms with Crippen LogP contribution in [0.25, 0.3) is 0 Å². The van der Waals surface area contributed by atoms with Crippen LogP contribution in [-0.4, -0.2) is 21.1 Å². The van der Waals surface area contributed by atoms with Gasteiger partial charge in [-0.2, -0.15) is 0 Å². The zero-order chi connectivity index (χ0) is 13.0. The average Bonchev–Trinajstić information content (AvgIpc) is 2.37. The van der Waals surface area contributed by atoms with Crippen molar-refractivity contribution in [2.45, 2.75) is 88.9 Å². The van der Waals surface area contributed by atoms with E-state index in [0.717, 1.165) is 0 Å². The first-order valence-corrected chi connectivity index (χ1v) is 10.3. The fraction of sp³-hybridized carbons (Fsp3) is 0.875. The molecular formula is C16H30Sn. The Morgan fingerprint density at radius 2 is 1.24 bits per heavy atom. The molecule has 0 aromatic rings. The summed E-state index contributed by atoms with van der Waals surface area (Å²) in [5.41, 5.74) is 0. The maximum atomic E-state index is 3.54. The summed E-state index contributed by atoms with van der Waals surface area (Å²) < 4.78 is 4.24. The van der Waals surface area contributed by atoms with Gasteiger partial charge in [0.1, 0.15) is 0 Å². The van der Waals surface area contributed by atoms with E-state index in [4.69, 9.17) is 0 Å². The SMILES string of the molecule is CC#[C][Sn][C](CCCC)(CCCC)CCCC. The first-order chi connectivity index (χ1) is 8.24. The monoisotopic (exact) mass is 342 g/mol. The van der Waals surface area contributed by atoms with Gasteiger partial charge in [-0.15, -0.1) is 0 Å². The molecule has 2 radical (unpaired) electrons. The van der Waals surface area contributed by atoms with Crippen LogP contribution in [0.2, 0.25) is 3.43 Å². The van der Waals surface area contributed by atoms with Crippen LogP contribution in [0, 0.1) is 9.86 Å². The van der Waals surface area contributed by atoms with Crippen molar-refractivity contribution in [1.82, 2.24) is 0 Å². The summed E-state index contributed by atoms with van der Waals surface area (Å²) in [5.74, 6) is 3.18. The molecule has 98 valence electrons. The molecule has 0 saturated carbocycles. The van der Waals surface area contributed by atoms with Crippen molar-refractivity contribution >= 4 is 21.1 Å². The molecule has 0 saturated heterocycles. The van der Waals surface area contributed by atoms with Crippen LogP contribution in [0.1, 0.15) is 85.5 Å². The van der Waals surface area contributed by atoms with Crippen LogP contribution in [0.5, 0.6) is 0 Å². The Balaban J connectivity index is 4.54. The topological polar surface area (TPSA) is 0 Å². The van der Waals surface area contributed by atoms with Crippen LogP contribution < -0.4 is 0 Å². The van der Waals surface area contributed by atoms with Crippen LogP contribution in [0.4, 0.5) is 0 Å². The van der Waals surface area contributed by atoms with Gasteiger partial charge in [-0.3, -0.25) is 0 Å². The van der Waals surface area contributed by atoms with Crippen LogP contribution >= 0.6 is 0 Å². The third kappa shape index (κ3) is 8.14. The van der Waals surface area contributed by atoms with E-state index in [0.29, 0.717) is 3.43 Å². The summed E-state index contributed by atoms with van der Waals surface area (Å²) in [6.45, 7) is 8.98. The van der Waals surface area contributed by atoms with Gasteiger partial charge >= 0.3 is 120 Å². The van der Waals surface area contributed by atoms with E-state index in [1.54, 1.807) is 0 Å². The molecule has 0 aliphatic carbocycles. The minimum atomic E-state index is -0.502. The Kier molecular flexibility index (Phi) is 11.7. The summed E-state index contributed by atoms with van der Waals surface area (Å²) in [4.78, 5) is 0. The molecule has 1 heteroatoms. The quantitative estimate of drug-likeness (QED) is 0.369. The van der Waals surface area contributed by atoms with Crippen molar-refractivity contribution in [3.63, 3.8) is 0 Å². The molecule has 0 aromatic heterocycles. The third-order valence-corrected chi connectivity index (χ3v) is 8.20. The van der Waals surface area contributed by atoms with Gasteiger partial charge < -0.3 is 0 Å². The second-order valence-electron chi connectivity index (χ2n) is 5.09. The summed E-state index contributed by atoms with van der Waals surface area (Å²) in [5, 5.41) is 0. The van der Waals surface area contributed by atoms with Gasteiger partial charge in [0.05, 0.1) is 0 Å². The predicted molar refractivity (Wildman–Crippen MR) is 80.5 cm³/mol. The fourth-order valence-corrected chi connectivity index (χ4v) is 6.00. The van der Waals surface area contributed by atoms with Crippen LogP contribution in [0.15, 0.2) is 0 Å². The van der Waals surface area contributed by atoms with Crippen molar-refractivity contribution in [3.05, 3.63) is 0 Å². The molecule has 0 aliphatic rings. The zero-order valence-corrected chi connectivity index (χ0v) is 15.2. The van der Waals surface area contributed by atoms with Crippen LogP contribution in [-0.2, 0) is 0 Å². The van der Waals surface area contributed by atoms with Gasteiger partial charge in [-0.05, 0) is 0 Å². The van der Waals surface area contributed by atoms with Gasteiger partial charge in [-0.1, -0.05) is 0 Å².